The van der Waals surface area contributed by atoms with E-state index in [0.29, 0.717) is 31.6 Å². The van der Waals surface area contributed by atoms with Crippen LogP contribution in [0.4, 0.5) is 0 Å². The number of rotatable bonds is 11. The number of fused-ring (bicyclic) bond motifs is 1. The Morgan fingerprint density at radius 1 is 1.36 bits per heavy atom. The van der Waals surface area contributed by atoms with Gasteiger partial charge in [0.2, 0.25) is 0 Å². The number of nitrogens with zero attached hydrogens (tertiary/aromatic N) is 5. The molecule has 1 fully saturated rings. The highest BCUT2D eigenvalue weighted by Gasteiger charge is 2.28. The van der Waals surface area contributed by atoms with Crippen LogP contribution in [-0.4, -0.2) is 61.1 Å². The van der Waals surface area contributed by atoms with E-state index in [-0.39, 0.29) is 24.3 Å². The average molecular weight is 455 g/mol. The molecule has 178 valence electrons. The SMILES string of the molecule is CCCC(c1nnnn1CC1CCCO1)N(CCCO)Cc1cc2cc(C)ccc2[nH]c1=O. The Morgan fingerprint density at radius 2 is 2.24 bits per heavy atom. The highest BCUT2D eigenvalue weighted by molar-refractivity contribution is 5.79. The van der Waals surface area contributed by atoms with Crippen LogP contribution in [0.2, 0.25) is 0 Å². The van der Waals surface area contributed by atoms with Gasteiger partial charge in [-0.3, -0.25) is 9.69 Å². The first-order valence-corrected chi connectivity index (χ1v) is 11.9. The van der Waals surface area contributed by atoms with Crippen molar-refractivity contribution in [3.05, 3.63) is 51.6 Å². The number of aryl methyl sites for hydroxylation is 1. The van der Waals surface area contributed by atoms with Crippen molar-refractivity contribution in [2.75, 3.05) is 19.8 Å². The third kappa shape index (κ3) is 5.66. The number of H-pyrrole nitrogens is 1. The van der Waals surface area contributed by atoms with Crippen molar-refractivity contribution in [1.29, 1.82) is 0 Å². The zero-order chi connectivity index (χ0) is 23.2. The maximum absolute atomic E-state index is 12.9. The monoisotopic (exact) mass is 454 g/mol. The Bertz CT molecular complexity index is 1110. The van der Waals surface area contributed by atoms with Gasteiger partial charge in [0.1, 0.15) is 0 Å². The lowest BCUT2D eigenvalue weighted by atomic mass is 10.1. The van der Waals surface area contributed by atoms with Crippen LogP contribution >= 0.6 is 0 Å². The molecule has 2 unspecified atom stereocenters. The number of tetrazole rings is 1. The molecule has 0 radical (unpaired) electrons. The van der Waals surface area contributed by atoms with Crippen LogP contribution in [-0.2, 0) is 17.8 Å². The Morgan fingerprint density at radius 3 is 3.00 bits per heavy atom. The van der Waals surface area contributed by atoms with Gasteiger partial charge in [0.15, 0.2) is 5.82 Å². The molecule has 2 atom stereocenters. The number of aromatic amines is 1. The number of aliphatic hydroxyl groups is 1. The molecule has 1 saturated heterocycles. The maximum atomic E-state index is 12.9. The third-order valence-electron chi connectivity index (χ3n) is 6.31. The predicted molar refractivity (Wildman–Crippen MR) is 126 cm³/mol. The molecule has 2 aromatic heterocycles. The second kappa shape index (κ2) is 11.0. The van der Waals surface area contributed by atoms with Gasteiger partial charge in [-0.2, -0.15) is 0 Å². The molecule has 0 amide bonds. The van der Waals surface area contributed by atoms with E-state index in [2.05, 4.69) is 38.4 Å². The number of aromatic nitrogens is 5. The van der Waals surface area contributed by atoms with Gasteiger partial charge in [-0.15, -0.1) is 5.10 Å². The molecular weight excluding hydrogens is 420 g/mol. The fourth-order valence-electron chi connectivity index (χ4n) is 4.64. The van der Waals surface area contributed by atoms with Gasteiger partial charge in [-0.25, -0.2) is 4.68 Å². The summed E-state index contributed by atoms with van der Waals surface area (Å²) in [6.45, 7) is 6.78. The Hall–Kier alpha value is -2.62. The first kappa shape index (κ1) is 23.5. The van der Waals surface area contributed by atoms with Crippen molar-refractivity contribution < 1.29 is 9.84 Å². The van der Waals surface area contributed by atoms with Crippen molar-refractivity contribution in [2.45, 2.75) is 71.2 Å². The fourth-order valence-corrected chi connectivity index (χ4v) is 4.64. The summed E-state index contributed by atoms with van der Waals surface area (Å²) in [6.07, 6.45) is 4.61. The second-order valence-corrected chi connectivity index (χ2v) is 8.92. The summed E-state index contributed by atoms with van der Waals surface area (Å²) < 4.78 is 7.66. The molecule has 33 heavy (non-hydrogen) atoms. The van der Waals surface area contributed by atoms with Crippen LogP contribution in [0, 0.1) is 6.92 Å². The predicted octanol–water partition coefficient (Wildman–Crippen LogP) is 2.73. The standard InChI is InChI=1S/C24H34N6O3/c1-3-6-22(23-26-27-28-30(23)16-20-7-4-12-33-20)29(10-5-11-31)15-19-14-18-13-17(2)8-9-21(18)25-24(19)32/h8-9,13-14,20,22,31H,3-7,10-12,15-16H2,1-2H3,(H,25,32). The van der Waals surface area contributed by atoms with Gasteiger partial charge in [0.05, 0.1) is 18.7 Å². The zero-order valence-electron chi connectivity index (χ0n) is 19.5. The summed E-state index contributed by atoms with van der Waals surface area (Å²) in [6, 6.07) is 7.93. The molecule has 0 aliphatic carbocycles. The molecule has 4 rings (SSSR count). The third-order valence-corrected chi connectivity index (χ3v) is 6.31. The highest BCUT2D eigenvalue weighted by atomic mass is 16.5. The van der Waals surface area contributed by atoms with Crippen molar-refractivity contribution >= 4 is 10.9 Å². The van der Waals surface area contributed by atoms with E-state index in [0.717, 1.165) is 54.6 Å². The first-order valence-electron chi connectivity index (χ1n) is 11.9. The zero-order valence-corrected chi connectivity index (χ0v) is 19.5. The number of nitrogens with one attached hydrogen (secondary N) is 1. The summed E-state index contributed by atoms with van der Waals surface area (Å²) in [4.78, 5) is 18.1. The molecule has 3 aromatic rings. The average Bonchev–Trinajstić information content (AvgIpc) is 3.48. The van der Waals surface area contributed by atoms with E-state index in [4.69, 9.17) is 4.74 Å². The summed E-state index contributed by atoms with van der Waals surface area (Å²) in [5.74, 6) is 0.790. The van der Waals surface area contributed by atoms with E-state index in [1.54, 1.807) is 0 Å². The highest BCUT2D eigenvalue weighted by Crippen LogP contribution is 2.27. The van der Waals surface area contributed by atoms with E-state index in [1.807, 2.05) is 29.8 Å². The number of aliphatic hydroxyl groups excluding tert-OH is 1. The summed E-state index contributed by atoms with van der Waals surface area (Å²) >= 11 is 0. The lowest BCUT2D eigenvalue weighted by molar-refractivity contribution is 0.0885. The van der Waals surface area contributed by atoms with Crippen LogP contribution in [0.25, 0.3) is 10.9 Å². The molecule has 9 nitrogen and oxygen atoms in total. The van der Waals surface area contributed by atoms with Crippen molar-refractivity contribution in [3.8, 4) is 0 Å². The second-order valence-electron chi connectivity index (χ2n) is 8.92. The molecule has 2 N–H and O–H groups in total. The molecular formula is C24H34N6O3. The molecule has 0 saturated carbocycles. The molecule has 9 heteroatoms. The molecule has 1 aliphatic heterocycles. The molecule has 3 heterocycles. The quantitative estimate of drug-likeness (QED) is 0.458. The maximum Gasteiger partial charge on any atom is 0.252 e. The van der Waals surface area contributed by atoms with Crippen LogP contribution in [0.15, 0.2) is 29.1 Å². The molecule has 0 spiro atoms. The number of hydrogen-bond donors (Lipinski definition) is 2. The van der Waals surface area contributed by atoms with Gasteiger partial charge in [0, 0.05) is 37.4 Å². The van der Waals surface area contributed by atoms with E-state index in [9.17, 15) is 9.90 Å². The number of hydrogen-bond acceptors (Lipinski definition) is 7. The van der Waals surface area contributed by atoms with E-state index in [1.165, 1.54) is 0 Å². The molecule has 1 aliphatic rings. The van der Waals surface area contributed by atoms with Crippen LogP contribution < -0.4 is 5.56 Å². The summed E-state index contributed by atoms with van der Waals surface area (Å²) in [7, 11) is 0. The van der Waals surface area contributed by atoms with Crippen LogP contribution in [0.1, 0.15) is 62.0 Å². The number of benzene rings is 1. The molecule has 0 bridgehead atoms. The lowest BCUT2D eigenvalue weighted by Crippen LogP contribution is -2.34. The minimum absolute atomic E-state index is 0.0643. The lowest BCUT2D eigenvalue weighted by Gasteiger charge is -2.31. The normalized spacial score (nSPS) is 17.3. The smallest absolute Gasteiger partial charge is 0.252 e. The fraction of sp³-hybridized carbons (Fsp3) is 0.583. The van der Waals surface area contributed by atoms with Gasteiger partial charge in [0.25, 0.3) is 5.56 Å². The Kier molecular flexibility index (Phi) is 7.85. The number of pyridine rings is 1. The first-order chi connectivity index (χ1) is 16.1. The Balaban J connectivity index is 1.65. The summed E-state index contributed by atoms with van der Waals surface area (Å²) in [5, 5.41) is 23.2. The molecule has 1 aromatic carbocycles. The van der Waals surface area contributed by atoms with E-state index >= 15 is 0 Å². The summed E-state index contributed by atoms with van der Waals surface area (Å²) in [5.41, 5.74) is 2.59. The number of ether oxygens (including phenoxy) is 1. The van der Waals surface area contributed by atoms with Crippen molar-refractivity contribution in [2.24, 2.45) is 0 Å². The minimum atomic E-state index is -0.0884. The van der Waals surface area contributed by atoms with E-state index < -0.39 is 0 Å². The van der Waals surface area contributed by atoms with Gasteiger partial charge in [-0.05, 0) is 66.6 Å². The topological polar surface area (TPSA) is 109 Å². The van der Waals surface area contributed by atoms with Gasteiger partial charge >= 0.3 is 0 Å². The largest absolute Gasteiger partial charge is 0.396 e. The van der Waals surface area contributed by atoms with Gasteiger partial charge < -0.3 is 14.8 Å². The van der Waals surface area contributed by atoms with Crippen molar-refractivity contribution in [3.63, 3.8) is 0 Å². The van der Waals surface area contributed by atoms with Crippen LogP contribution in [0.3, 0.4) is 0 Å². The van der Waals surface area contributed by atoms with Crippen LogP contribution in [0.5, 0.6) is 0 Å². The Labute approximate surface area is 193 Å². The van der Waals surface area contributed by atoms with Crippen molar-refractivity contribution in [1.82, 2.24) is 30.1 Å². The minimum Gasteiger partial charge on any atom is -0.396 e. The van der Waals surface area contributed by atoms with Gasteiger partial charge in [-0.1, -0.05) is 25.0 Å².